The molecule has 0 N–H and O–H groups in total. The fourth-order valence-electron chi connectivity index (χ4n) is 0.857. The van der Waals surface area contributed by atoms with Crippen molar-refractivity contribution in [1.82, 2.24) is 0 Å². The van der Waals surface area contributed by atoms with Crippen LogP contribution in [0.1, 0.15) is 5.56 Å². The van der Waals surface area contributed by atoms with Gasteiger partial charge in [0.2, 0.25) is 0 Å². The van der Waals surface area contributed by atoms with Crippen molar-refractivity contribution < 1.29 is 22.4 Å². The zero-order valence-corrected chi connectivity index (χ0v) is 9.36. The third kappa shape index (κ3) is 3.18. The minimum absolute atomic E-state index is 0.0880. The van der Waals surface area contributed by atoms with Crippen molar-refractivity contribution in [2.45, 2.75) is 11.8 Å². The van der Waals surface area contributed by atoms with E-state index in [4.69, 9.17) is 0 Å². The highest BCUT2D eigenvalue weighted by Crippen LogP contribution is 2.13. The average molecular weight is 242 g/mol. The van der Waals surface area contributed by atoms with E-state index in [2.05, 4.69) is 15.8 Å². The van der Waals surface area contributed by atoms with Gasteiger partial charge < -0.3 is 0 Å². The lowest BCUT2D eigenvalue weighted by Crippen LogP contribution is -2.10. The Kier molecular flexibility index (Phi) is 3.81. The van der Waals surface area contributed by atoms with Crippen molar-refractivity contribution >= 4 is 16.1 Å². The van der Waals surface area contributed by atoms with Gasteiger partial charge in [0, 0.05) is 6.08 Å². The van der Waals surface area contributed by atoms with Gasteiger partial charge in [-0.2, -0.15) is 8.42 Å². The zero-order valence-electron chi connectivity index (χ0n) is 8.54. The molecule has 0 aromatic heterocycles. The van der Waals surface area contributed by atoms with Gasteiger partial charge in [-0.3, -0.25) is 4.89 Å². The Bertz CT molecular complexity index is 486. The summed E-state index contributed by atoms with van der Waals surface area (Å²) in [5.41, 5.74) is 0.905. The van der Waals surface area contributed by atoms with E-state index < -0.39 is 16.1 Å². The minimum Gasteiger partial charge on any atom is -0.276 e. The van der Waals surface area contributed by atoms with Gasteiger partial charge in [-0.05, 0) is 23.4 Å². The molecule has 1 aromatic carbocycles. The Morgan fingerprint density at radius 1 is 1.31 bits per heavy atom. The number of hydrogen-bond acceptors (Lipinski definition) is 5. The van der Waals surface area contributed by atoms with Crippen LogP contribution in [0.25, 0.3) is 0 Å². The van der Waals surface area contributed by atoms with E-state index in [0.29, 0.717) is 0 Å². The molecule has 5 nitrogen and oxygen atoms in total. The van der Waals surface area contributed by atoms with E-state index in [0.717, 1.165) is 11.6 Å². The van der Waals surface area contributed by atoms with E-state index in [1.165, 1.54) is 12.1 Å². The first-order chi connectivity index (χ1) is 7.45. The maximum absolute atomic E-state index is 11.4. The van der Waals surface area contributed by atoms with Crippen LogP contribution in [0.2, 0.25) is 0 Å². The maximum Gasteiger partial charge on any atom is 0.366 e. The Hall–Kier alpha value is -1.66. The van der Waals surface area contributed by atoms with E-state index in [1.54, 1.807) is 12.1 Å². The molecule has 1 aromatic rings. The third-order valence-electron chi connectivity index (χ3n) is 1.68. The second-order valence-corrected chi connectivity index (χ2v) is 4.46. The summed E-state index contributed by atoms with van der Waals surface area (Å²) in [4.78, 5) is 14.5. The lowest BCUT2D eigenvalue weighted by molar-refractivity contribution is -0.204. The fourth-order valence-corrected chi connectivity index (χ4v) is 1.56. The van der Waals surface area contributed by atoms with Gasteiger partial charge in [0.1, 0.15) is 0 Å². The summed E-state index contributed by atoms with van der Waals surface area (Å²) in [6.45, 7) is 4.91. The molecule has 0 radical (unpaired) electrons. The van der Waals surface area contributed by atoms with Crippen LogP contribution in [0, 0.1) is 6.92 Å². The van der Waals surface area contributed by atoms with Crippen LogP contribution in [0.15, 0.2) is 41.8 Å². The SMILES string of the molecule is C=CC(=O)OOS(=O)(=O)c1ccc(C)cc1. The third-order valence-corrected chi connectivity index (χ3v) is 2.78. The van der Waals surface area contributed by atoms with Gasteiger partial charge in [0.15, 0.2) is 0 Å². The molecule has 0 aliphatic carbocycles. The second kappa shape index (κ2) is 4.91. The Morgan fingerprint density at radius 3 is 2.38 bits per heavy atom. The van der Waals surface area contributed by atoms with Gasteiger partial charge in [0.25, 0.3) is 0 Å². The molecule has 0 fully saturated rings. The molecule has 6 heteroatoms. The molecular weight excluding hydrogens is 232 g/mol. The van der Waals surface area contributed by atoms with Crippen LogP contribution in [-0.2, 0) is 24.1 Å². The van der Waals surface area contributed by atoms with E-state index in [1.807, 2.05) is 6.92 Å². The van der Waals surface area contributed by atoms with Gasteiger partial charge in [0.05, 0.1) is 4.90 Å². The highest BCUT2D eigenvalue weighted by molar-refractivity contribution is 7.86. The van der Waals surface area contributed by atoms with Crippen molar-refractivity contribution in [3.8, 4) is 0 Å². The van der Waals surface area contributed by atoms with Crippen molar-refractivity contribution in [1.29, 1.82) is 0 Å². The summed E-state index contributed by atoms with van der Waals surface area (Å²) in [7, 11) is -4.07. The molecule has 0 saturated carbocycles. The quantitative estimate of drug-likeness (QED) is 0.452. The lowest BCUT2D eigenvalue weighted by Gasteiger charge is -2.02. The van der Waals surface area contributed by atoms with Crippen LogP contribution >= 0.6 is 0 Å². The number of carbonyl (C=O) groups excluding carboxylic acids is 1. The van der Waals surface area contributed by atoms with Gasteiger partial charge in [-0.25, -0.2) is 4.79 Å². The highest BCUT2D eigenvalue weighted by Gasteiger charge is 2.17. The van der Waals surface area contributed by atoms with Crippen LogP contribution in [0.3, 0.4) is 0 Å². The molecule has 0 amide bonds. The summed E-state index contributed by atoms with van der Waals surface area (Å²) in [6, 6.07) is 5.91. The molecule has 86 valence electrons. The fraction of sp³-hybridized carbons (Fsp3) is 0.100. The normalized spacial score (nSPS) is 10.8. The van der Waals surface area contributed by atoms with Crippen molar-refractivity contribution in [3.63, 3.8) is 0 Å². The topological polar surface area (TPSA) is 69.7 Å². The molecule has 16 heavy (non-hydrogen) atoms. The molecule has 0 unspecified atom stereocenters. The van der Waals surface area contributed by atoms with Crippen LogP contribution in [-0.4, -0.2) is 14.4 Å². The Labute approximate surface area is 93.4 Å². The smallest absolute Gasteiger partial charge is 0.276 e. The number of carbonyl (C=O) groups is 1. The van der Waals surface area contributed by atoms with Crippen molar-refractivity contribution in [2.24, 2.45) is 0 Å². The largest absolute Gasteiger partial charge is 0.366 e. The number of rotatable bonds is 4. The second-order valence-electron chi connectivity index (χ2n) is 2.94. The van der Waals surface area contributed by atoms with E-state index in [9.17, 15) is 13.2 Å². The van der Waals surface area contributed by atoms with Gasteiger partial charge in [-0.1, -0.05) is 24.3 Å². The monoisotopic (exact) mass is 242 g/mol. The molecule has 0 bridgehead atoms. The Morgan fingerprint density at radius 2 is 1.88 bits per heavy atom. The number of hydrogen-bond donors (Lipinski definition) is 0. The maximum atomic E-state index is 11.4. The number of aryl methyl sites for hydroxylation is 1. The molecule has 0 atom stereocenters. The van der Waals surface area contributed by atoms with E-state index in [-0.39, 0.29) is 4.90 Å². The first kappa shape index (κ1) is 12.4. The summed E-state index contributed by atoms with van der Waals surface area (Å²) in [5, 5.41) is 0. The molecule has 0 saturated heterocycles. The highest BCUT2D eigenvalue weighted by atomic mass is 32.2. The predicted molar refractivity (Wildman–Crippen MR) is 55.7 cm³/mol. The summed E-state index contributed by atoms with van der Waals surface area (Å²) in [6.07, 6.45) is 0.796. The van der Waals surface area contributed by atoms with Crippen molar-refractivity contribution in [2.75, 3.05) is 0 Å². The lowest BCUT2D eigenvalue weighted by atomic mass is 10.2. The van der Waals surface area contributed by atoms with Crippen LogP contribution in [0.4, 0.5) is 0 Å². The average Bonchev–Trinajstić information content (AvgIpc) is 2.26. The van der Waals surface area contributed by atoms with Crippen LogP contribution in [0.5, 0.6) is 0 Å². The first-order valence-corrected chi connectivity index (χ1v) is 5.71. The Balaban J connectivity index is 2.82. The number of benzene rings is 1. The zero-order chi connectivity index (χ0) is 12.2. The molecule has 1 rings (SSSR count). The van der Waals surface area contributed by atoms with Crippen molar-refractivity contribution in [3.05, 3.63) is 42.5 Å². The molecule has 0 spiro atoms. The summed E-state index contributed by atoms with van der Waals surface area (Å²) >= 11 is 0. The summed E-state index contributed by atoms with van der Waals surface area (Å²) < 4.78 is 26.9. The van der Waals surface area contributed by atoms with Gasteiger partial charge >= 0.3 is 16.1 Å². The molecular formula is C10H10O5S. The first-order valence-electron chi connectivity index (χ1n) is 4.30. The molecule has 0 aliphatic heterocycles. The standard InChI is InChI=1S/C10H10O5S/c1-3-10(11)14-15-16(12,13)9-6-4-8(2)5-7-9/h3-7H,1H2,2H3. The predicted octanol–water partition coefficient (Wildman–Crippen LogP) is 1.34. The minimum atomic E-state index is -4.07. The molecule has 0 heterocycles. The van der Waals surface area contributed by atoms with Gasteiger partial charge in [-0.15, -0.1) is 0 Å². The van der Waals surface area contributed by atoms with E-state index >= 15 is 0 Å². The van der Waals surface area contributed by atoms with Crippen LogP contribution < -0.4 is 0 Å². The summed E-state index contributed by atoms with van der Waals surface area (Å²) in [5.74, 6) is -0.976. The molecule has 0 aliphatic rings.